The molecule has 0 unspecified atom stereocenters. The molecule has 0 saturated carbocycles. The van der Waals surface area contributed by atoms with Crippen molar-refractivity contribution in [3.63, 3.8) is 0 Å². The number of fused-ring (bicyclic) bond motifs is 1. The molecular formula is C17H15ClN2O2S. The Morgan fingerprint density at radius 2 is 1.91 bits per heavy atom. The first-order valence-electron chi connectivity index (χ1n) is 7.21. The van der Waals surface area contributed by atoms with E-state index in [1.54, 1.807) is 6.92 Å². The van der Waals surface area contributed by atoms with E-state index in [0.717, 1.165) is 16.0 Å². The molecule has 0 atom stereocenters. The highest BCUT2D eigenvalue weighted by molar-refractivity contribution is 7.19. The van der Waals surface area contributed by atoms with E-state index in [9.17, 15) is 9.59 Å². The van der Waals surface area contributed by atoms with E-state index in [1.165, 1.54) is 15.9 Å². The number of hydrogen-bond acceptors (Lipinski definition) is 3. The predicted molar refractivity (Wildman–Crippen MR) is 97.5 cm³/mol. The largest absolute Gasteiger partial charge is 0.329 e. The van der Waals surface area contributed by atoms with E-state index in [-0.39, 0.29) is 11.2 Å². The molecule has 3 aromatic rings. The highest BCUT2D eigenvalue weighted by Crippen LogP contribution is 2.28. The summed E-state index contributed by atoms with van der Waals surface area (Å²) in [5.74, 6) is 0. The maximum atomic E-state index is 12.4. The van der Waals surface area contributed by atoms with Crippen molar-refractivity contribution in [3.8, 4) is 0 Å². The van der Waals surface area contributed by atoms with E-state index < -0.39 is 0 Å². The number of nitrogens with zero attached hydrogens (tertiary/aromatic N) is 1. The van der Waals surface area contributed by atoms with Crippen molar-refractivity contribution in [1.82, 2.24) is 9.55 Å². The summed E-state index contributed by atoms with van der Waals surface area (Å²) in [5, 5.41) is 1.28. The van der Waals surface area contributed by atoms with Crippen molar-refractivity contribution in [2.24, 2.45) is 0 Å². The van der Waals surface area contributed by atoms with Gasteiger partial charge in [0.15, 0.2) is 0 Å². The van der Waals surface area contributed by atoms with Crippen molar-refractivity contribution >= 4 is 45.3 Å². The quantitative estimate of drug-likeness (QED) is 0.781. The van der Waals surface area contributed by atoms with E-state index in [1.807, 2.05) is 43.3 Å². The van der Waals surface area contributed by atoms with Crippen molar-refractivity contribution in [2.45, 2.75) is 20.4 Å². The molecule has 1 aromatic carbocycles. The van der Waals surface area contributed by atoms with Gasteiger partial charge in [-0.2, -0.15) is 0 Å². The smallest absolute Gasteiger partial charge is 0.298 e. The van der Waals surface area contributed by atoms with Crippen molar-refractivity contribution in [1.29, 1.82) is 0 Å². The van der Waals surface area contributed by atoms with Gasteiger partial charge in [0, 0.05) is 16.4 Å². The monoisotopic (exact) mass is 346 g/mol. The number of thiophene rings is 1. The molecule has 0 amide bonds. The summed E-state index contributed by atoms with van der Waals surface area (Å²) in [7, 11) is 0. The third kappa shape index (κ3) is 2.90. The van der Waals surface area contributed by atoms with Gasteiger partial charge in [0.2, 0.25) is 0 Å². The van der Waals surface area contributed by atoms with Gasteiger partial charge in [-0.1, -0.05) is 29.8 Å². The van der Waals surface area contributed by atoms with Crippen LogP contribution in [0.4, 0.5) is 0 Å². The second-order valence-corrected chi connectivity index (χ2v) is 6.65. The normalized spacial score (nSPS) is 11.6. The number of hydrogen-bond donors (Lipinski definition) is 1. The summed E-state index contributed by atoms with van der Waals surface area (Å²) in [4.78, 5) is 28.7. The fraction of sp³-hybridized carbons (Fsp3) is 0.176. The molecule has 1 N–H and O–H groups in total. The molecule has 3 rings (SSSR count). The number of rotatable bonds is 3. The topological polar surface area (TPSA) is 54.9 Å². The number of aromatic nitrogens is 2. The molecule has 0 spiro atoms. The summed E-state index contributed by atoms with van der Waals surface area (Å²) in [6.07, 6.45) is 3.92. The molecule has 4 nitrogen and oxygen atoms in total. The van der Waals surface area contributed by atoms with Gasteiger partial charge in [0.1, 0.15) is 4.83 Å². The lowest BCUT2D eigenvalue weighted by Gasteiger charge is -2.00. The van der Waals surface area contributed by atoms with Crippen LogP contribution in [0.3, 0.4) is 0 Å². The number of halogens is 1. The first kappa shape index (κ1) is 15.8. The average Bonchev–Trinajstić information content (AvgIpc) is 2.83. The number of H-pyrrole nitrogens is 1. The Labute approximate surface area is 141 Å². The van der Waals surface area contributed by atoms with Gasteiger partial charge in [-0.15, -0.1) is 11.3 Å². The lowest BCUT2D eigenvalue weighted by molar-refractivity contribution is 0.685. The fourth-order valence-corrected chi connectivity index (χ4v) is 3.68. The van der Waals surface area contributed by atoms with Crippen LogP contribution in [0.1, 0.15) is 22.9 Å². The molecule has 118 valence electrons. The minimum Gasteiger partial charge on any atom is -0.298 e. The van der Waals surface area contributed by atoms with Gasteiger partial charge < -0.3 is 0 Å². The van der Waals surface area contributed by atoms with Crippen molar-refractivity contribution < 1.29 is 0 Å². The zero-order valence-corrected chi connectivity index (χ0v) is 14.3. The molecule has 0 bridgehead atoms. The standard InChI is InChI=1S/C17H15ClN2O2S/c1-3-20-16(21)14-10(2)13(23-15(14)19-17(20)22)9-6-11-4-7-12(18)8-5-11/h4-9H,3H2,1-2H3,(H,19,22). The highest BCUT2D eigenvalue weighted by atomic mass is 35.5. The average molecular weight is 347 g/mol. The van der Waals surface area contributed by atoms with Crippen LogP contribution in [0.2, 0.25) is 5.02 Å². The minimum atomic E-state index is -0.362. The molecule has 0 aliphatic carbocycles. The van der Waals surface area contributed by atoms with Crippen molar-refractivity contribution in [2.75, 3.05) is 0 Å². The predicted octanol–water partition coefficient (Wildman–Crippen LogP) is 3.90. The van der Waals surface area contributed by atoms with Crippen LogP contribution in [-0.2, 0) is 6.54 Å². The third-order valence-electron chi connectivity index (χ3n) is 3.72. The van der Waals surface area contributed by atoms with Crippen LogP contribution in [0, 0.1) is 6.92 Å². The summed E-state index contributed by atoms with van der Waals surface area (Å²) in [6, 6.07) is 7.51. The fourth-order valence-electron chi connectivity index (χ4n) is 2.46. The molecule has 0 aliphatic rings. The third-order valence-corrected chi connectivity index (χ3v) is 5.15. The molecule has 6 heteroatoms. The Morgan fingerprint density at radius 3 is 2.57 bits per heavy atom. The minimum absolute atomic E-state index is 0.230. The molecule has 0 saturated heterocycles. The van der Waals surface area contributed by atoms with Crippen LogP contribution in [-0.4, -0.2) is 9.55 Å². The summed E-state index contributed by atoms with van der Waals surface area (Å²) >= 11 is 7.29. The highest BCUT2D eigenvalue weighted by Gasteiger charge is 2.13. The zero-order valence-electron chi connectivity index (χ0n) is 12.7. The van der Waals surface area contributed by atoms with E-state index >= 15 is 0 Å². The molecule has 0 aliphatic heterocycles. The van der Waals surface area contributed by atoms with Crippen LogP contribution >= 0.6 is 22.9 Å². The Balaban J connectivity index is 2.11. The molecule has 2 aromatic heterocycles. The van der Waals surface area contributed by atoms with Gasteiger partial charge in [0.05, 0.1) is 5.39 Å². The first-order valence-corrected chi connectivity index (χ1v) is 8.40. The maximum absolute atomic E-state index is 12.4. The molecule has 2 heterocycles. The van der Waals surface area contributed by atoms with Gasteiger partial charge in [0.25, 0.3) is 5.56 Å². The van der Waals surface area contributed by atoms with Crippen LogP contribution in [0.25, 0.3) is 22.4 Å². The Bertz CT molecular complexity index is 1010. The second-order valence-electron chi connectivity index (χ2n) is 5.16. The summed E-state index contributed by atoms with van der Waals surface area (Å²) in [5.41, 5.74) is 1.31. The first-order chi connectivity index (χ1) is 11.0. The lowest BCUT2D eigenvalue weighted by Crippen LogP contribution is -2.34. The number of nitrogens with one attached hydrogen (secondary N) is 1. The van der Waals surface area contributed by atoms with Crippen LogP contribution in [0.15, 0.2) is 33.9 Å². The SMILES string of the molecule is CCn1c(=O)[nH]c2sc(C=Cc3ccc(Cl)cc3)c(C)c2c1=O. The molecule has 0 fully saturated rings. The van der Waals surface area contributed by atoms with Gasteiger partial charge in [-0.3, -0.25) is 14.3 Å². The van der Waals surface area contributed by atoms with Gasteiger partial charge >= 0.3 is 5.69 Å². The zero-order chi connectivity index (χ0) is 16.6. The molecule has 23 heavy (non-hydrogen) atoms. The Hall–Kier alpha value is -2.11. The summed E-state index contributed by atoms with van der Waals surface area (Å²) in [6.45, 7) is 4.04. The van der Waals surface area contributed by atoms with Crippen LogP contribution in [0.5, 0.6) is 0 Å². The van der Waals surface area contributed by atoms with E-state index in [4.69, 9.17) is 11.6 Å². The molecule has 0 radical (unpaired) electrons. The Kier molecular flexibility index (Phi) is 4.24. The van der Waals surface area contributed by atoms with E-state index in [0.29, 0.717) is 21.8 Å². The van der Waals surface area contributed by atoms with Crippen molar-refractivity contribution in [3.05, 3.63) is 66.1 Å². The molecular weight excluding hydrogens is 332 g/mol. The number of benzene rings is 1. The van der Waals surface area contributed by atoms with Crippen LogP contribution < -0.4 is 11.2 Å². The van der Waals surface area contributed by atoms with Gasteiger partial charge in [-0.05, 0) is 43.2 Å². The Morgan fingerprint density at radius 1 is 1.22 bits per heavy atom. The maximum Gasteiger partial charge on any atom is 0.329 e. The summed E-state index contributed by atoms with van der Waals surface area (Å²) < 4.78 is 1.22. The number of aryl methyl sites for hydroxylation is 1. The lowest BCUT2D eigenvalue weighted by atomic mass is 10.1. The number of aromatic amines is 1. The second kappa shape index (κ2) is 6.18. The van der Waals surface area contributed by atoms with E-state index in [2.05, 4.69) is 4.98 Å². The van der Waals surface area contributed by atoms with Gasteiger partial charge in [-0.25, -0.2) is 4.79 Å².